The molecule has 0 saturated heterocycles. The quantitative estimate of drug-likeness (QED) is 0.787. The van der Waals surface area contributed by atoms with Crippen molar-refractivity contribution >= 4 is 28.5 Å². The molecule has 2 aromatic rings. The van der Waals surface area contributed by atoms with E-state index in [0.717, 1.165) is 15.6 Å². The van der Waals surface area contributed by atoms with E-state index in [1.54, 1.807) is 0 Å². The molecule has 3 heteroatoms. The van der Waals surface area contributed by atoms with Gasteiger partial charge in [0, 0.05) is 9.13 Å². The Bertz CT molecular complexity index is 575. The zero-order valence-electron chi connectivity index (χ0n) is 11.7. The Morgan fingerprint density at radius 2 is 1.70 bits per heavy atom. The van der Waals surface area contributed by atoms with Crippen LogP contribution in [-0.2, 0) is 6.42 Å². The molecule has 0 radical (unpaired) electrons. The van der Waals surface area contributed by atoms with Gasteiger partial charge in [-0.1, -0.05) is 31.2 Å². The third-order valence-electron chi connectivity index (χ3n) is 3.34. The van der Waals surface area contributed by atoms with Crippen molar-refractivity contribution in [2.45, 2.75) is 26.3 Å². The summed E-state index contributed by atoms with van der Waals surface area (Å²) < 4.78 is 1.13. The summed E-state index contributed by atoms with van der Waals surface area (Å²) in [4.78, 5) is 12.1. The van der Waals surface area contributed by atoms with Gasteiger partial charge in [0.15, 0.2) is 0 Å². The Hall–Kier alpha value is -1.36. The van der Waals surface area contributed by atoms with Crippen molar-refractivity contribution < 1.29 is 4.79 Å². The number of nitrogens with one attached hydrogen (secondary N) is 1. The van der Waals surface area contributed by atoms with Crippen LogP contribution >= 0.6 is 22.6 Å². The lowest BCUT2D eigenvalue weighted by atomic mass is 10.0. The highest BCUT2D eigenvalue weighted by molar-refractivity contribution is 14.1. The number of rotatable bonds is 4. The van der Waals surface area contributed by atoms with E-state index in [1.807, 2.05) is 31.2 Å². The first-order valence-corrected chi connectivity index (χ1v) is 7.83. The lowest BCUT2D eigenvalue weighted by Gasteiger charge is -2.15. The maximum absolute atomic E-state index is 12.1. The highest BCUT2D eigenvalue weighted by Crippen LogP contribution is 2.15. The van der Waals surface area contributed by atoms with Crippen LogP contribution in [0.5, 0.6) is 0 Å². The Morgan fingerprint density at radius 1 is 1.10 bits per heavy atom. The second-order valence-corrected chi connectivity index (χ2v) is 6.04. The molecule has 0 spiro atoms. The minimum atomic E-state index is -0.0338. The van der Waals surface area contributed by atoms with E-state index >= 15 is 0 Å². The molecule has 2 nitrogen and oxygen atoms in total. The summed E-state index contributed by atoms with van der Waals surface area (Å²) in [6.07, 6.45) is 1.03. The van der Waals surface area contributed by atoms with Crippen LogP contribution in [0.1, 0.15) is 41.4 Å². The molecule has 0 unspecified atom stereocenters. The van der Waals surface area contributed by atoms with E-state index in [2.05, 4.69) is 59.1 Å². The minimum absolute atomic E-state index is 0.00711. The van der Waals surface area contributed by atoms with Gasteiger partial charge in [-0.2, -0.15) is 0 Å². The fourth-order valence-electron chi connectivity index (χ4n) is 2.01. The van der Waals surface area contributed by atoms with Crippen LogP contribution < -0.4 is 5.32 Å². The summed E-state index contributed by atoms with van der Waals surface area (Å²) in [6, 6.07) is 16.0. The molecule has 0 fully saturated rings. The highest BCUT2D eigenvalue weighted by Gasteiger charge is 2.11. The van der Waals surface area contributed by atoms with Crippen molar-refractivity contribution in [3.8, 4) is 0 Å². The monoisotopic (exact) mass is 379 g/mol. The second-order valence-electron chi connectivity index (χ2n) is 4.80. The molecule has 0 aromatic heterocycles. The Kier molecular flexibility index (Phi) is 5.17. The van der Waals surface area contributed by atoms with Crippen molar-refractivity contribution in [1.82, 2.24) is 5.32 Å². The van der Waals surface area contributed by atoms with E-state index in [4.69, 9.17) is 0 Å². The summed E-state index contributed by atoms with van der Waals surface area (Å²) in [7, 11) is 0. The summed E-state index contributed by atoms with van der Waals surface area (Å²) in [6.45, 7) is 4.14. The van der Waals surface area contributed by atoms with Gasteiger partial charge < -0.3 is 5.32 Å². The molecule has 1 atom stereocenters. The molecule has 20 heavy (non-hydrogen) atoms. The van der Waals surface area contributed by atoms with Gasteiger partial charge in [0.1, 0.15) is 0 Å². The van der Waals surface area contributed by atoms with Gasteiger partial charge in [0.25, 0.3) is 5.91 Å². The maximum atomic E-state index is 12.1. The minimum Gasteiger partial charge on any atom is -0.346 e. The lowest BCUT2D eigenvalue weighted by Crippen LogP contribution is -2.26. The average Bonchev–Trinajstić information content (AvgIpc) is 2.48. The van der Waals surface area contributed by atoms with Gasteiger partial charge in [-0.05, 0) is 71.3 Å². The van der Waals surface area contributed by atoms with E-state index in [-0.39, 0.29) is 11.9 Å². The Morgan fingerprint density at radius 3 is 2.25 bits per heavy atom. The van der Waals surface area contributed by atoms with Gasteiger partial charge in [-0.25, -0.2) is 0 Å². The first-order chi connectivity index (χ1) is 9.60. The van der Waals surface area contributed by atoms with Gasteiger partial charge in [-0.15, -0.1) is 0 Å². The zero-order valence-corrected chi connectivity index (χ0v) is 13.8. The molecule has 1 amide bonds. The normalized spacial score (nSPS) is 11.9. The summed E-state index contributed by atoms with van der Waals surface area (Å²) in [5.74, 6) is -0.0338. The van der Waals surface area contributed by atoms with Gasteiger partial charge in [0.05, 0.1) is 6.04 Å². The fourth-order valence-corrected chi connectivity index (χ4v) is 2.37. The molecule has 2 aromatic carbocycles. The average molecular weight is 379 g/mol. The molecule has 104 valence electrons. The van der Waals surface area contributed by atoms with Crippen molar-refractivity contribution in [1.29, 1.82) is 0 Å². The maximum Gasteiger partial charge on any atom is 0.251 e. The first-order valence-electron chi connectivity index (χ1n) is 6.75. The number of carbonyl (C=O) groups is 1. The number of hydrogen-bond acceptors (Lipinski definition) is 1. The molecule has 2 rings (SSSR count). The van der Waals surface area contributed by atoms with Crippen molar-refractivity contribution in [3.05, 3.63) is 68.8 Å². The number of benzene rings is 2. The second kappa shape index (κ2) is 6.88. The number of halogens is 1. The molecule has 1 N–H and O–H groups in total. The Balaban J connectivity index is 2.04. The molecule has 0 bridgehead atoms. The first kappa shape index (κ1) is 15.0. The van der Waals surface area contributed by atoms with E-state index in [9.17, 15) is 4.79 Å². The zero-order chi connectivity index (χ0) is 14.5. The summed E-state index contributed by atoms with van der Waals surface area (Å²) >= 11 is 2.23. The van der Waals surface area contributed by atoms with E-state index < -0.39 is 0 Å². The van der Waals surface area contributed by atoms with Crippen molar-refractivity contribution in [2.75, 3.05) is 0 Å². The lowest BCUT2D eigenvalue weighted by molar-refractivity contribution is 0.0940. The number of amides is 1. The highest BCUT2D eigenvalue weighted by atomic mass is 127. The van der Waals surface area contributed by atoms with Crippen molar-refractivity contribution in [2.24, 2.45) is 0 Å². The van der Waals surface area contributed by atoms with Gasteiger partial charge in [-0.3, -0.25) is 4.79 Å². The smallest absolute Gasteiger partial charge is 0.251 e. The van der Waals surface area contributed by atoms with Gasteiger partial charge >= 0.3 is 0 Å². The van der Waals surface area contributed by atoms with Crippen LogP contribution in [-0.4, -0.2) is 5.91 Å². The van der Waals surface area contributed by atoms with Crippen LogP contribution in [0.15, 0.2) is 48.5 Å². The molecule has 0 saturated carbocycles. The van der Waals surface area contributed by atoms with Crippen LogP contribution in [0.25, 0.3) is 0 Å². The van der Waals surface area contributed by atoms with Crippen LogP contribution in [0.3, 0.4) is 0 Å². The molecule has 0 heterocycles. The molecular formula is C17H18INO. The number of hydrogen-bond donors (Lipinski definition) is 1. The standard InChI is InChI=1S/C17H18INO/c1-3-13-4-6-14(7-5-13)12(2)19-17(20)15-8-10-16(18)11-9-15/h4-12H,3H2,1-2H3,(H,19,20)/t12-/m1/s1. The molecule has 0 aliphatic heterocycles. The number of aryl methyl sites for hydroxylation is 1. The van der Waals surface area contributed by atoms with E-state index in [1.165, 1.54) is 5.56 Å². The third kappa shape index (κ3) is 3.82. The third-order valence-corrected chi connectivity index (χ3v) is 4.06. The van der Waals surface area contributed by atoms with Crippen LogP contribution in [0, 0.1) is 3.57 Å². The largest absolute Gasteiger partial charge is 0.346 e. The SMILES string of the molecule is CCc1ccc([C@@H](C)NC(=O)c2ccc(I)cc2)cc1. The topological polar surface area (TPSA) is 29.1 Å². The molecular weight excluding hydrogens is 361 g/mol. The predicted molar refractivity (Wildman–Crippen MR) is 90.9 cm³/mol. The summed E-state index contributed by atoms with van der Waals surface area (Å²) in [5, 5.41) is 3.03. The Labute approximate surface area is 133 Å². The van der Waals surface area contributed by atoms with Crippen LogP contribution in [0.4, 0.5) is 0 Å². The van der Waals surface area contributed by atoms with E-state index in [0.29, 0.717) is 5.56 Å². The molecule has 0 aliphatic carbocycles. The summed E-state index contributed by atoms with van der Waals surface area (Å²) in [5.41, 5.74) is 3.13. The van der Waals surface area contributed by atoms with Crippen molar-refractivity contribution in [3.63, 3.8) is 0 Å². The van der Waals surface area contributed by atoms with Gasteiger partial charge in [0.2, 0.25) is 0 Å². The molecule has 0 aliphatic rings. The number of carbonyl (C=O) groups excluding carboxylic acids is 1. The fraction of sp³-hybridized carbons (Fsp3) is 0.235. The van der Waals surface area contributed by atoms with Crippen LogP contribution in [0.2, 0.25) is 0 Å². The predicted octanol–water partition coefficient (Wildman–Crippen LogP) is 4.34.